The van der Waals surface area contributed by atoms with E-state index in [2.05, 4.69) is 33.5 Å². The monoisotopic (exact) mass is 1100 g/mol. The van der Waals surface area contributed by atoms with Crippen LogP contribution in [0, 0.1) is 0 Å². The van der Waals surface area contributed by atoms with E-state index >= 15 is 0 Å². The number of aliphatic hydroxyl groups is 1. The number of aromatic hydroxyl groups is 1. The van der Waals surface area contributed by atoms with E-state index in [0.29, 0.717) is 51.7 Å². The van der Waals surface area contributed by atoms with E-state index in [-0.39, 0.29) is 63.1 Å². The van der Waals surface area contributed by atoms with Gasteiger partial charge in [-0.2, -0.15) is 0 Å². The first-order chi connectivity index (χ1) is 38.7. The lowest BCUT2D eigenvalue weighted by Gasteiger charge is -2.32. The van der Waals surface area contributed by atoms with Crippen LogP contribution in [0.4, 0.5) is 0 Å². The fourth-order valence-electron chi connectivity index (χ4n) is 10.8. The molecule has 0 spiro atoms. The first-order valence-corrected chi connectivity index (χ1v) is 28.9. The summed E-state index contributed by atoms with van der Waals surface area (Å²) in [6, 6.07) is 22.7. The number of hydrogen-bond donors (Lipinski definition) is 8. The molecule has 430 valence electrons. The summed E-state index contributed by atoms with van der Waals surface area (Å²) in [5.74, 6) is -3.26. The van der Waals surface area contributed by atoms with Crippen molar-refractivity contribution >= 4 is 41.4 Å². The van der Waals surface area contributed by atoms with E-state index in [1.54, 1.807) is 24.3 Å². The number of amides is 7. The second-order valence-electron chi connectivity index (χ2n) is 21.5. The van der Waals surface area contributed by atoms with Gasteiger partial charge in [0.2, 0.25) is 35.4 Å². The maximum Gasteiger partial charge on any atom is 0.251 e. The Kier molecular flexibility index (Phi) is 22.9. The van der Waals surface area contributed by atoms with Gasteiger partial charge in [0, 0.05) is 25.2 Å². The van der Waals surface area contributed by atoms with E-state index in [4.69, 9.17) is 10.5 Å². The SMILES string of the molecule is CCCCCCCCOc1ccc(-c2ccc(-c3ccc(C(=O)N[C@H]4CCCNC(=O)[C@@H]5CCCN5C(=O)[C@H](CCCCN)NC(=O)[C@H](CCc5ccc(O)cc5)NC(=O)[C@@H]5CCCN5C(=O)[C@H]([C@@H](C)O)NC4=O)cc3)cc2)cc1. The van der Waals surface area contributed by atoms with Gasteiger partial charge in [-0.25, -0.2) is 0 Å². The molecule has 7 rings (SSSR count). The van der Waals surface area contributed by atoms with Gasteiger partial charge in [-0.05, 0) is 155 Å². The maximum absolute atomic E-state index is 14.4. The van der Waals surface area contributed by atoms with E-state index < -0.39 is 83.7 Å². The molecule has 18 heteroatoms. The zero-order valence-corrected chi connectivity index (χ0v) is 46.5. The summed E-state index contributed by atoms with van der Waals surface area (Å²) in [6.45, 7) is 5.11. The van der Waals surface area contributed by atoms with Crippen molar-refractivity contribution in [2.24, 2.45) is 5.73 Å². The number of hydrogen-bond acceptors (Lipinski definition) is 11. The van der Waals surface area contributed by atoms with Crippen LogP contribution in [-0.4, -0.2) is 137 Å². The van der Waals surface area contributed by atoms with Crippen molar-refractivity contribution in [1.29, 1.82) is 0 Å². The van der Waals surface area contributed by atoms with Gasteiger partial charge in [-0.3, -0.25) is 33.6 Å². The number of phenols is 1. The molecule has 3 fully saturated rings. The number of fused-ring (bicyclic) bond motifs is 2. The Balaban J connectivity index is 1.07. The zero-order chi connectivity index (χ0) is 57.0. The Hall–Kier alpha value is -7.31. The lowest BCUT2D eigenvalue weighted by Crippen LogP contribution is -2.61. The Morgan fingerprint density at radius 2 is 1.21 bits per heavy atom. The summed E-state index contributed by atoms with van der Waals surface area (Å²) in [5.41, 5.74) is 10.8. The van der Waals surface area contributed by atoms with Crippen molar-refractivity contribution in [3.63, 3.8) is 0 Å². The number of rotatable bonds is 20. The Labute approximate surface area is 470 Å². The van der Waals surface area contributed by atoms with E-state index in [0.717, 1.165) is 40.0 Å². The second-order valence-corrected chi connectivity index (χ2v) is 21.5. The molecule has 3 heterocycles. The summed E-state index contributed by atoms with van der Waals surface area (Å²) < 4.78 is 5.98. The van der Waals surface area contributed by atoms with Crippen LogP contribution in [0.2, 0.25) is 0 Å². The number of phenolic OH excluding ortho intramolecular Hbond substituents is 1. The number of benzene rings is 4. The minimum atomic E-state index is -1.52. The zero-order valence-electron chi connectivity index (χ0n) is 46.5. The Morgan fingerprint density at radius 1 is 0.637 bits per heavy atom. The molecule has 0 unspecified atom stereocenters. The average molecular weight is 1100 g/mol. The molecule has 7 amide bonds. The third-order valence-corrected chi connectivity index (χ3v) is 15.5. The molecule has 80 heavy (non-hydrogen) atoms. The largest absolute Gasteiger partial charge is 0.508 e. The minimum Gasteiger partial charge on any atom is -0.508 e. The number of nitrogens with zero attached hydrogens (tertiary/aromatic N) is 2. The van der Waals surface area contributed by atoms with Crippen LogP contribution >= 0.6 is 0 Å². The molecule has 0 bridgehead atoms. The average Bonchev–Trinajstić information content (AvgIpc) is 4.18. The highest BCUT2D eigenvalue weighted by Gasteiger charge is 2.42. The standard InChI is InChI=1S/C62H82N8O10/c1-3-4-5-6-7-10-40-80-49-33-29-46(30-34-49)44-23-21-43(22-24-44)45-25-27-47(28-26-45)56(73)65-50-15-11-37-64-59(76)53-16-12-38-69(53)61(78)52(14-8-9-36-63)67-57(74)51(35-20-42-18-31-48(72)32-19-42)66-60(77)54-17-13-39-70(54)62(79)55(41(2)71)68-58(50)75/h18-19,21-34,41,50-55,71-72H,3-17,20,35-40,63H2,1-2H3,(H,64,76)(H,65,73)(H,66,77)(H,67,74)(H,68,75)/t41-,50+,51+,52+,53+,54+,55+/m1/s1. The highest BCUT2D eigenvalue weighted by atomic mass is 16.5. The van der Waals surface area contributed by atoms with Gasteiger partial charge >= 0.3 is 0 Å². The van der Waals surface area contributed by atoms with E-state index in [1.807, 2.05) is 60.7 Å². The lowest BCUT2D eigenvalue weighted by molar-refractivity contribution is -0.144. The third-order valence-electron chi connectivity index (χ3n) is 15.5. The number of nitrogens with one attached hydrogen (secondary N) is 5. The molecule has 0 radical (unpaired) electrons. The Bertz CT molecular complexity index is 2680. The van der Waals surface area contributed by atoms with Gasteiger partial charge in [-0.1, -0.05) is 99.7 Å². The van der Waals surface area contributed by atoms with Crippen LogP contribution in [0.1, 0.15) is 133 Å². The second kappa shape index (κ2) is 30.3. The Morgan fingerprint density at radius 3 is 1.84 bits per heavy atom. The van der Waals surface area contributed by atoms with Gasteiger partial charge in [0.15, 0.2) is 0 Å². The summed E-state index contributed by atoms with van der Waals surface area (Å²) in [6.07, 6.45) is 9.31. The molecule has 3 aliphatic rings. The summed E-state index contributed by atoms with van der Waals surface area (Å²) in [4.78, 5) is 103. The molecule has 3 aliphatic heterocycles. The normalized spacial score (nSPS) is 22.0. The highest BCUT2D eigenvalue weighted by molar-refractivity contribution is 6.00. The highest BCUT2D eigenvalue weighted by Crippen LogP contribution is 2.28. The van der Waals surface area contributed by atoms with Gasteiger partial charge in [0.25, 0.3) is 5.91 Å². The van der Waals surface area contributed by atoms with Crippen LogP contribution in [0.3, 0.4) is 0 Å². The molecule has 18 nitrogen and oxygen atoms in total. The van der Waals surface area contributed by atoms with Crippen molar-refractivity contribution in [3.05, 3.63) is 108 Å². The molecule has 0 aromatic heterocycles. The van der Waals surface area contributed by atoms with Crippen molar-refractivity contribution in [2.75, 3.05) is 32.8 Å². The number of ether oxygens (including phenoxy) is 1. The van der Waals surface area contributed by atoms with Crippen LogP contribution in [0.5, 0.6) is 11.5 Å². The molecule has 0 saturated carbocycles. The molecular weight excluding hydrogens is 1020 g/mol. The number of aryl methyl sites for hydroxylation is 1. The fourth-order valence-corrected chi connectivity index (χ4v) is 10.8. The molecule has 7 atom stereocenters. The van der Waals surface area contributed by atoms with Crippen molar-refractivity contribution in [3.8, 4) is 33.8 Å². The molecule has 4 aromatic carbocycles. The van der Waals surface area contributed by atoms with Gasteiger partial charge in [0.05, 0.1) is 12.7 Å². The van der Waals surface area contributed by atoms with Crippen LogP contribution in [0.25, 0.3) is 22.3 Å². The van der Waals surface area contributed by atoms with Crippen LogP contribution in [-0.2, 0) is 35.2 Å². The number of aliphatic hydroxyl groups excluding tert-OH is 1. The fraction of sp³-hybridized carbons (Fsp3) is 0.500. The third kappa shape index (κ3) is 16.9. The van der Waals surface area contributed by atoms with E-state index in [1.165, 1.54) is 61.0 Å². The van der Waals surface area contributed by atoms with Crippen molar-refractivity contribution in [1.82, 2.24) is 36.4 Å². The summed E-state index contributed by atoms with van der Waals surface area (Å²) >= 11 is 0. The predicted molar refractivity (Wildman–Crippen MR) is 306 cm³/mol. The summed E-state index contributed by atoms with van der Waals surface area (Å²) in [5, 5.41) is 35.1. The number of unbranched alkanes of at least 4 members (excludes halogenated alkanes) is 6. The van der Waals surface area contributed by atoms with E-state index in [9.17, 15) is 43.8 Å². The maximum atomic E-state index is 14.4. The van der Waals surface area contributed by atoms with Crippen molar-refractivity contribution < 1.29 is 48.5 Å². The first kappa shape index (κ1) is 60.3. The molecule has 4 aromatic rings. The number of nitrogens with two attached hydrogens (primary N) is 1. The van der Waals surface area contributed by atoms with Gasteiger partial charge in [-0.15, -0.1) is 0 Å². The quantitative estimate of drug-likeness (QED) is 0.0472. The number of carbonyl (C=O) groups excluding carboxylic acids is 7. The predicted octanol–water partition coefficient (Wildman–Crippen LogP) is 6.05. The van der Waals surface area contributed by atoms with Crippen molar-refractivity contribution in [2.45, 2.75) is 165 Å². The molecular formula is C62H82N8O10. The topological polar surface area (TPSA) is 262 Å². The minimum absolute atomic E-state index is 0.0147. The summed E-state index contributed by atoms with van der Waals surface area (Å²) in [7, 11) is 0. The molecule has 9 N–H and O–H groups in total. The van der Waals surface area contributed by atoms with Crippen LogP contribution in [0.15, 0.2) is 97.1 Å². The number of carbonyl (C=O) groups is 7. The van der Waals surface area contributed by atoms with Gasteiger partial charge in [0.1, 0.15) is 47.8 Å². The smallest absolute Gasteiger partial charge is 0.251 e. The molecule has 3 saturated heterocycles. The lowest BCUT2D eigenvalue weighted by atomic mass is 9.99. The van der Waals surface area contributed by atoms with Gasteiger partial charge < -0.3 is 57.1 Å². The van der Waals surface area contributed by atoms with Crippen LogP contribution < -0.4 is 37.1 Å². The first-order valence-electron chi connectivity index (χ1n) is 28.9. The molecule has 0 aliphatic carbocycles.